The Balaban J connectivity index is 1.62. The van der Waals surface area contributed by atoms with E-state index in [9.17, 15) is 57.5 Å². The van der Waals surface area contributed by atoms with E-state index in [4.69, 9.17) is 0 Å². The minimum Gasteiger partial charge on any atom is -0.285 e. The molecule has 0 saturated carbocycles. The summed E-state index contributed by atoms with van der Waals surface area (Å²) in [7, 11) is 0. The molecule has 2 aromatic heterocycles. The van der Waals surface area contributed by atoms with E-state index in [1.165, 1.54) is 0 Å². The maximum Gasteiger partial charge on any atom is 0.416 e. The van der Waals surface area contributed by atoms with Crippen LogP contribution in [0.15, 0.2) is 36.4 Å². The van der Waals surface area contributed by atoms with E-state index in [0.717, 1.165) is 0 Å². The molecule has 4 aromatic rings. The lowest BCUT2D eigenvalue weighted by Crippen LogP contribution is -2.11. The van der Waals surface area contributed by atoms with E-state index in [1.54, 1.807) is 0 Å². The molecule has 0 aliphatic heterocycles. The van der Waals surface area contributed by atoms with Crippen molar-refractivity contribution in [1.82, 2.24) is 9.97 Å². The van der Waals surface area contributed by atoms with Gasteiger partial charge >= 0.3 is 24.7 Å². The second kappa shape index (κ2) is 8.76. The van der Waals surface area contributed by atoms with E-state index in [-0.39, 0.29) is 33.3 Å². The number of aromatic nitrogens is 2. The lowest BCUT2D eigenvalue weighted by molar-refractivity contribution is -0.144. The SMILES string of the molecule is O=C1c2nc(-c3cc(C(F)(F)F)cc(C(F)(F)F)c3)sc2-c2sc(-c3cc(C(F)(F)F)cc(C(F)(F)F)c3)nc21. The van der Waals surface area contributed by atoms with Crippen LogP contribution < -0.4 is 0 Å². The van der Waals surface area contributed by atoms with Crippen LogP contribution in [0, 0.1) is 0 Å². The molecular formula is C23H6F12N2OS2. The van der Waals surface area contributed by atoms with Gasteiger partial charge < -0.3 is 0 Å². The Bertz CT molecular complexity index is 1490. The lowest BCUT2D eigenvalue weighted by Gasteiger charge is -2.13. The van der Waals surface area contributed by atoms with Gasteiger partial charge in [-0.15, -0.1) is 22.7 Å². The number of hydrogen-bond acceptors (Lipinski definition) is 5. The van der Waals surface area contributed by atoms with Crippen molar-refractivity contribution in [2.45, 2.75) is 24.7 Å². The summed E-state index contributed by atoms with van der Waals surface area (Å²) in [5.41, 5.74) is -8.43. The molecule has 1 aliphatic carbocycles. The average molecular weight is 618 g/mol. The molecule has 5 rings (SSSR count). The maximum atomic E-state index is 13.3. The smallest absolute Gasteiger partial charge is 0.285 e. The fraction of sp³-hybridized carbons (Fsp3) is 0.174. The first-order valence-corrected chi connectivity index (χ1v) is 12.0. The van der Waals surface area contributed by atoms with Gasteiger partial charge in [0.1, 0.15) is 21.4 Å². The van der Waals surface area contributed by atoms with Gasteiger partial charge in [0, 0.05) is 11.1 Å². The molecule has 0 unspecified atom stereocenters. The average Bonchev–Trinajstić information content (AvgIpc) is 3.50. The minimum absolute atomic E-state index is 0.0484. The van der Waals surface area contributed by atoms with E-state index in [1.807, 2.05) is 0 Å². The zero-order valence-corrected chi connectivity index (χ0v) is 20.3. The number of halogens is 12. The van der Waals surface area contributed by atoms with E-state index in [0.29, 0.717) is 46.9 Å². The molecule has 0 amide bonds. The van der Waals surface area contributed by atoms with Gasteiger partial charge in [0.25, 0.3) is 0 Å². The Morgan fingerprint density at radius 1 is 0.475 bits per heavy atom. The fourth-order valence-electron chi connectivity index (χ4n) is 3.77. The number of carbonyl (C=O) groups excluding carboxylic acids is 1. The molecular weight excluding hydrogens is 612 g/mol. The summed E-state index contributed by atoms with van der Waals surface area (Å²) in [5, 5.41) is -0.789. The van der Waals surface area contributed by atoms with Gasteiger partial charge in [-0.05, 0) is 36.4 Å². The number of thiazole rings is 2. The number of fused-ring (bicyclic) bond motifs is 3. The van der Waals surface area contributed by atoms with Gasteiger partial charge in [-0.3, -0.25) is 4.79 Å². The van der Waals surface area contributed by atoms with Crippen molar-refractivity contribution in [2.24, 2.45) is 0 Å². The highest BCUT2D eigenvalue weighted by Gasteiger charge is 2.41. The van der Waals surface area contributed by atoms with Gasteiger partial charge in [0.15, 0.2) is 0 Å². The monoisotopic (exact) mass is 618 g/mol. The van der Waals surface area contributed by atoms with Crippen LogP contribution in [0.5, 0.6) is 0 Å². The fourth-order valence-corrected chi connectivity index (χ4v) is 6.00. The first-order valence-electron chi connectivity index (χ1n) is 10.4. The maximum absolute atomic E-state index is 13.3. The highest BCUT2D eigenvalue weighted by Crippen LogP contribution is 2.49. The molecule has 210 valence electrons. The third-order valence-electron chi connectivity index (χ3n) is 5.56. The van der Waals surface area contributed by atoms with Crippen molar-refractivity contribution in [2.75, 3.05) is 0 Å². The van der Waals surface area contributed by atoms with Gasteiger partial charge in [0.2, 0.25) is 5.78 Å². The van der Waals surface area contributed by atoms with Crippen LogP contribution in [-0.4, -0.2) is 15.8 Å². The summed E-state index contributed by atoms with van der Waals surface area (Å²) in [6.07, 6.45) is -20.6. The van der Waals surface area contributed by atoms with Crippen LogP contribution in [0.25, 0.3) is 30.9 Å². The van der Waals surface area contributed by atoms with Crippen LogP contribution in [0.1, 0.15) is 38.4 Å². The third-order valence-corrected chi connectivity index (χ3v) is 7.93. The molecule has 1 aliphatic rings. The largest absolute Gasteiger partial charge is 0.416 e. The van der Waals surface area contributed by atoms with Crippen molar-refractivity contribution >= 4 is 28.5 Å². The van der Waals surface area contributed by atoms with E-state index >= 15 is 0 Å². The number of nitrogens with zero attached hydrogens (tertiary/aromatic N) is 2. The van der Waals surface area contributed by atoms with Crippen LogP contribution >= 0.6 is 22.7 Å². The van der Waals surface area contributed by atoms with Crippen LogP contribution in [0.4, 0.5) is 52.7 Å². The Morgan fingerprint density at radius 2 is 0.750 bits per heavy atom. The Labute approximate surface area is 221 Å². The van der Waals surface area contributed by atoms with Gasteiger partial charge in [-0.1, -0.05) is 0 Å². The number of carbonyl (C=O) groups is 1. The normalized spacial score (nSPS) is 14.1. The molecule has 17 heteroatoms. The molecule has 0 fully saturated rings. The quantitative estimate of drug-likeness (QED) is 0.185. The van der Waals surface area contributed by atoms with Crippen LogP contribution in [0.2, 0.25) is 0 Å². The van der Waals surface area contributed by atoms with Gasteiger partial charge in [-0.2, -0.15) is 52.7 Å². The van der Waals surface area contributed by atoms with Crippen molar-refractivity contribution < 1.29 is 57.5 Å². The summed E-state index contributed by atoms with van der Waals surface area (Å²) >= 11 is 1.05. The van der Waals surface area contributed by atoms with Gasteiger partial charge in [-0.25, -0.2) is 9.97 Å². The first-order chi connectivity index (χ1) is 18.2. The Hall–Kier alpha value is -3.47. The molecule has 0 spiro atoms. The Morgan fingerprint density at radius 3 is 1.00 bits per heavy atom. The summed E-state index contributed by atoms with van der Waals surface area (Å²) < 4.78 is 159. The number of rotatable bonds is 2. The minimum atomic E-state index is -5.15. The van der Waals surface area contributed by atoms with E-state index < -0.39 is 73.9 Å². The molecule has 0 bridgehead atoms. The zero-order valence-electron chi connectivity index (χ0n) is 18.6. The summed E-state index contributed by atoms with van der Waals surface area (Å²) in [5.74, 6) is -0.943. The van der Waals surface area contributed by atoms with Crippen LogP contribution in [-0.2, 0) is 24.7 Å². The molecule has 2 heterocycles. The molecule has 0 saturated heterocycles. The summed E-state index contributed by atoms with van der Waals surface area (Å²) in [6, 6.07) is 1.46. The highest BCUT2D eigenvalue weighted by atomic mass is 32.1. The second-order valence-corrected chi connectivity index (χ2v) is 10.3. The van der Waals surface area contributed by atoms with Crippen molar-refractivity contribution in [3.05, 3.63) is 70.0 Å². The predicted octanol–water partition coefficient (Wildman–Crippen LogP) is 9.22. The second-order valence-electron chi connectivity index (χ2n) is 8.31. The zero-order chi connectivity index (χ0) is 29.6. The topological polar surface area (TPSA) is 42.9 Å². The summed E-state index contributed by atoms with van der Waals surface area (Å²) in [4.78, 5) is 20.5. The van der Waals surface area contributed by atoms with Crippen molar-refractivity contribution in [3.63, 3.8) is 0 Å². The van der Waals surface area contributed by atoms with E-state index in [2.05, 4.69) is 9.97 Å². The van der Waals surface area contributed by atoms with Crippen molar-refractivity contribution in [3.8, 4) is 30.9 Å². The van der Waals surface area contributed by atoms with Crippen molar-refractivity contribution in [1.29, 1.82) is 0 Å². The predicted molar refractivity (Wildman–Crippen MR) is 118 cm³/mol. The number of alkyl halides is 12. The summed E-state index contributed by atoms with van der Waals surface area (Å²) in [6.45, 7) is 0. The molecule has 0 radical (unpaired) electrons. The standard InChI is InChI=1S/C23H6F12N2OS2/c24-20(25,26)9-1-7(2-10(5-9)21(27,28)29)18-36-13-15(38)14-17(16(13)39-18)40-19(37-14)8-3-11(22(30,31)32)6-12(4-8)23(33,34)35/h1-6H. The van der Waals surface area contributed by atoms with Gasteiger partial charge in [0.05, 0.1) is 32.0 Å². The first kappa shape index (κ1) is 28.1. The number of hydrogen-bond donors (Lipinski definition) is 0. The van der Waals surface area contributed by atoms with Crippen LogP contribution in [0.3, 0.4) is 0 Å². The molecule has 3 nitrogen and oxygen atoms in total. The number of benzene rings is 2. The molecule has 0 atom stereocenters. The number of ketones is 1. The molecule has 2 aromatic carbocycles. The molecule has 40 heavy (non-hydrogen) atoms. The lowest BCUT2D eigenvalue weighted by atomic mass is 10.0. The third kappa shape index (κ3) is 4.95. The Kier molecular flexibility index (Phi) is 6.15. The molecule has 0 N–H and O–H groups in total. The highest BCUT2D eigenvalue weighted by molar-refractivity contribution is 7.25.